The van der Waals surface area contributed by atoms with E-state index in [2.05, 4.69) is 21.2 Å². The molecule has 1 aliphatic rings. The molecular formula is C16H23BrN2O4S. The van der Waals surface area contributed by atoms with Crippen LogP contribution in [-0.4, -0.2) is 43.5 Å². The van der Waals surface area contributed by atoms with Gasteiger partial charge in [-0.2, -0.15) is 4.31 Å². The van der Waals surface area contributed by atoms with Crippen LogP contribution in [0, 0.1) is 0 Å². The Bertz CT molecular complexity index is 700. The van der Waals surface area contributed by atoms with E-state index in [1.165, 1.54) is 4.31 Å². The molecule has 1 heterocycles. The maximum atomic E-state index is 12.7. The zero-order valence-corrected chi connectivity index (χ0v) is 16.5. The van der Waals surface area contributed by atoms with Crippen molar-refractivity contribution in [1.82, 2.24) is 9.62 Å². The zero-order valence-electron chi connectivity index (χ0n) is 14.1. The van der Waals surface area contributed by atoms with E-state index in [1.54, 1.807) is 39.0 Å². The van der Waals surface area contributed by atoms with Crippen LogP contribution in [0.4, 0.5) is 4.79 Å². The Kier molecular flexibility index (Phi) is 5.93. The van der Waals surface area contributed by atoms with Crippen LogP contribution in [0.15, 0.2) is 29.2 Å². The second kappa shape index (κ2) is 7.41. The summed E-state index contributed by atoms with van der Waals surface area (Å²) in [5, 5.41) is 3.33. The average molecular weight is 419 g/mol. The van der Waals surface area contributed by atoms with Gasteiger partial charge in [-0.3, -0.25) is 0 Å². The van der Waals surface area contributed by atoms with E-state index in [-0.39, 0.29) is 17.5 Å². The second-order valence-electron chi connectivity index (χ2n) is 6.78. The molecule has 1 atom stereocenters. The molecular weight excluding hydrogens is 396 g/mol. The number of alkyl carbamates (subject to hydrolysis) is 1. The number of alkyl halides is 1. The summed E-state index contributed by atoms with van der Waals surface area (Å²) in [5.41, 5.74) is 0.323. The number of amides is 1. The van der Waals surface area contributed by atoms with Gasteiger partial charge in [0, 0.05) is 24.5 Å². The smallest absolute Gasteiger partial charge is 0.407 e. The van der Waals surface area contributed by atoms with Crippen molar-refractivity contribution < 1.29 is 17.9 Å². The van der Waals surface area contributed by atoms with E-state index < -0.39 is 21.7 Å². The van der Waals surface area contributed by atoms with Crippen molar-refractivity contribution in [1.29, 1.82) is 0 Å². The number of hydrogen-bond acceptors (Lipinski definition) is 4. The molecule has 1 saturated heterocycles. The lowest BCUT2D eigenvalue weighted by Gasteiger charge is -2.22. The Morgan fingerprint density at radius 2 is 2.12 bits per heavy atom. The van der Waals surface area contributed by atoms with Crippen molar-refractivity contribution in [3.05, 3.63) is 29.8 Å². The van der Waals surface area contributed by atoms with Gasteiger partial charge >= 0.3 is 6.09 Å². The van der Waals surface area contributed by atoms with Crippen molar-refractivity contribution in [3.63, 3.8) is 0 Å². The lowest BCUT2D eigenvalue weighted by Crippen LogP contribution is -2.41. The third-order valence-electron chi connectivity index (χ3n) is 3.56. The molecule has 1 aromatic rings. The molecule has 24 heavy (non-hydrogen) atoms. The molecule has 134 valence electrons. The van der Waals surface area contributed by atoms with Gasteiger partial charge in [0.25, 0.3) is 0 Å². The van der Waals surface area contributed by atoms with Gasteiger partial charge in [-0.1, -0.05) is 28.1 Å². The number of carbonyl (C=O) groups excluding carboxylic acids is 1. The first-order valence-electron chi connectivity index (χ1n) is 7.76. The number of halogens is 1. The maximum absolute atomic E-state index is 12.7. The number of nitrogens with zero attached hydrogens (tertiary/aromatic N) is 1. The summed E-state index contributed by atoms with van der Waals surface area (Å²) in [6, 6.07) is 6.61. The predicted molar refractivity (Wildman–Crippen MR) is 95.6 cm³/mol. The molecule has 1 amide bonds. The molecule has 0 spiro atoms. The standard InChI is InChI=1S/C16H23BrN2O4S/c1-16(2,3)23-15(20)18-13-7-8-19(11-13)24(21,22)14-6-4-5-12(9-14)10-17/h4-6,9,13H,7-8,10-11H2,1-3H3,(H,18,20)/t13-/m1/s1. The Labute approximate surface area is 151 Å². The van der Waals surface area contributed by atoms with Crippen LogP contribution in [0.1, 0.15) is 32.8 Å². The fourth-order valence-corrected chi connectivity index (χ4v) is 4.40. The molecule has 1 aliphatic heterocycles. The lowest BCUT2D eigenvalue weighted by molar-refractivity contribution is 0.0507. The minimum atomic E-state index is -3.55. The van der Waals surface area contributed by atoms with Crippen molar-refractivity contribution in [2.45, 2.75) is 49.1 Å². The number of carbonyl (C=O) groups is 1. The lowest BCUT2D eigenvalue weighted by atomic mass is 10.2. The van der Waals surface area contributed by atoms with Crippen LogP contribution in [0.5, 0.6) is 0 Å². The summed E-state index contributed by atoms with van der Waals surface area (Å²) in [5.74, 6) is 0. The van der Waals surface area contributed by atoms with Gasteiger partial charge in [-0.05, 0) is 44.9 Å². The number of nitrogens with one attached hydrogen (secondary N) is 1. The number of hydrogen-bond donors (Lipinski definition) is 1. The van der Waals surface area contributed by atoms with E-state index in [9.17, 15) is 13.2 Å². The quantitative estimate of drug-likeness (QED) is 0.762. The second-order valence-corrected chi connectivity index (χ2v) is 9.27. The van der Waals surface area contributed by atoms with Gasteiger partial charge in [0.1, 0.15) is 5.60 Å². The van der Waals surface area contributed by atoms with E-state index in [0.29, 0.717) is 18.3 Å². The highest BCUT2D eigenvalue weighted by Crippen LogP contribution is 2.23. The summed E-state index contributed by atoms with van der Waals surface area (Å²) in [7, 11) is -3.55. The van der Waals surface area contributed by atoms with Crippen LogP contribution >= 0.6 is 15.9 Å². The summed E-state index contributed by atoms with van der Waals surface area (Å²) in [4.78, 5) is 12.1. The van der Waals surface area contributed by atoms with Gasteiger partial charge in [0.15, 0.2) is 0 Å². The van der Waals surface area contributed by atoms with Crippen LogP contribution in [0.2, 0.25) is 0 Å². The first-order chi connectivity index (χ1) is 11.1. The monoisotopic (exact) mass is 418 g/mol. The molecule has 0 saturated carbocycles. The molecule has 0 unspecified atom stereocenters. The highest BCUT2D eigenvalue weighted by atomic mass is 79.9. The largest absolute Gasteiger partial charge is 0.444 e. The SMILES string of the molecule is CC(C)(C)OC(=O)N[C@@H]1CCN(S(=O)(=O)c2cccc(CBr)c2)C1. The molecule has 2 rings (SSSR count). The molecule has 0 radical (unpaired) electrons. The molecule has 1 N–H and O–H groups in total. The fraction of sp³-hybridized carbons (Fsp3) is 0.562. The van der Waals surface area contributed by atoms with Crippen molar-refractivity contribution >= 4 is 32.0 Å². The third-order valence-corrected chi connectivity index (χ3v) is 6.07. The molecule has 0 aromatic heterocycles. The first kappa shape index (κ1) is 19.2. The number of ether oxygens (including phenoxy) is 1. The van der Waals surface area contributed by atoms with Gasteiger partial charge in [-0.25, -0.2) is 13.2 Å². The molecule has 1 aromatic carbocycles. The van der Waals surface area contributed by atoms with Crippen LogP contribution in [-0.2, 0) is 20.1 Å². The number of sulfonamides is 1. The van der Waals surface area contributed by atoms with E-state index in [4.69, 9.17) is 4.74 Å². The highest BCUT2D eigenvalue weighted by molar-refractivity contribution is 9.08. The third kappa shape index (κ3) is 4.94. The van der Waals surface area contributed by atoms with E-state index in [1.807, 2.05) is 6.07 Å². The highest BCUT2D eigenvalue weighted by Gasteiger charge is 2.34. The van der Waals surface area contributed by atoms with Crippen LogP contribution in [0.25, 0.3) is 0 Å². The summed E-state index contributed by atoms with van der Waals surface area (Å²) >= 11 is 3.33. The predicted octanol–water partition coefficient (Wildman–Crippen LogP) is 2.87. The van der Waals surface area contributed by atoms with Crippen molar-refractivity contribution in [3.8, 4) is 0 Å². The normalized spacial score (nSPS) is 19.2. The van der Waals surface area contributed by atoms with Crippen LogP contribution < -0.4 is 5.32 Å². The number of benzene rings is 1. The van der Waals surface area contributed by atoms with Crippen molar-refractivity contribution in [2.75, 3.05) is 13.1 Å². The summed E-state index contributed by atoms with van der Waals surface area (Å²) in [6.07, 6.45) is 0.0457. The molecule has 8 heteroatoms. The molecule has 0 aliphatic carbocycles. The fourth-order valence-electron chi connectivity index (χ4n) is 2.48. The minimum Gasteiger partial charge on any atom is -0.444 e. The molecule has 1 fully saturated rings. The average Bonchev–Trinajstić information content (AvgIpc) is 2.94. The Morgan fingerprint density at radius 1 is 1.42 bits per heavy atom. The van der Waals surface area contributed by atoms with Crippen LogP contribution in [0.3, 0.4) is 0 Å². The molecule has 6 nitrogen and oxygen atoms in total. The first-order valence-corrected chi connectivity index (χ1v) is 10.3. The van der Waals surface area contributed by atoms with Gasteiger partial charge in [0.05, 0.1) is 4.90 Å². The number of rotatable bonds is 4. The maximum Gasteiger partial charge on any atom is 0.407 e. The van der Waals surface area contributed by atoms with Gasteiger partial charge < -0.3 is 10.1 Å². The Hall–Kier alpha value is -1.12. The topological polar surface area (TPSA) is 75.7 Å². The zero-order chi connectivity index (χ0) is 18.0. The Morgan fingerprint density at radius 3 is 2.75 bits per heavy atom. The van der Waals surface area contributed by atoms with E-state index >= 15 is 0 Å². The van der Waals surface area contributed by atoms with Gasteiger partial charge in [-0.15, -0.1) is 0 Å². The summed E-state index contributed by atoms with van der Waals surface area (Å²) in [6.45, 7) is 5.99. The van der Waals surface area contributed by atoms with E-state index in [0.717, 1.165) is 5.56 Å². The molecule has 0 bridgehead atoms. The summed E-state index contributed by atoms with van der Waals surface area (Å²) < 4.78 is 32.1. The van der Waals surface area contributed by atoms with Gasteiger partial charge in [0.2, 0.25) is 10.0 Å². The Balaban J connectivity index is 2.02. The van der Waals surface area contributed by atoms with Crippen molar-refractivity contribution in [2.24, 2.45) is 0 Å². The minimum absolute atomic E-state index is 0.242.